The maximum absolute atomic E-state index is 13.1. The largest absolute Gasteiger partial charge is 0.493 e. The molecule has 2 N–H and O–H groups in total. The second kappa shape index (κ2) is 6.72. The Morgan fingerprint density at radius 3 is 2.73 bits per heavy atom. The molecule has 1 aromatic heterocycles. The van der Waals surface area contributed by atoms with Crippen LogP contribution in [-0.2, 0) is 6.42 Å². The molecule has 26 heavy (non-hydrogen) atoms. The van der Waals surface area contributed by atoms with Gasteiger partial charge in [-0.3, -0.25) is 14.8 Å². The SMILES string of the molecule is O=c1[nH]c(O)c(C(CCc2ccc(F)cc2)=c2cccc3c2=CC=N3)s1. The summed E-state index contributed by atoms with van der Waals surface area (Å²) in [6, 6.07) is 12.2. The van der Waals surface area contributed by atoms with Crippen LogP contribution in [0.5, 0.6) is 5.88 Å². The first kappa shape index (κ1) is 16.5. The number of rotatable bonds is 4. The molecule has 4 rings (SSSR count). The molecule has 6 heteroatoms. The Labute approximate surface area is 152 Å². The number of fused-ring (bicyclic) bond motifs is 1. The zero-order chi connectivity index (χ0) is 18.1. The van der Waals surface area contributed by atoms with Crippen molar-refractivity contribution in [2.45, 2.75) is 12.8 Å². The predicted molar refractivity (Wildman–Crippen MR) is 102 cm³/mol. The summed E-state index contributed by atoms with van der Waals surface area (Å²) in [5.41, 5.74) is 2.72. The number of nitrogens with one attached hydrogen (secondary N) is 1. The minimum atomic E-state index is -0.301. The highest BCUT2D eigenvalue weighted by molar-refractivity contribution is 7.10. The zero-order valence-electron chi connectivity index (χ0n) is 13.7. The highest BCUT2D eigenvalue weighted by Crippen LogP contribution is 2.27. The fraction of sp³-hybridized carbons (Fsp3) is 0.100. The molecule has 0 saturated carbocycles. The van der Waals surface area contributed by atoms with Crippen molar-refractivity contribution >= 4 is 34.9 Å². The third-order valence-corrected chi connectivity index (χ3v) is 5.28. The van der Waals surface area contributed by atoms with E-state index in [9.17, 15) is 14.3 Å². The van der Waals surface area contributed by atoms with Gasteiger partial charge >= 0.3 is 4.87 Å². The van der Waals surface area contributed by atoms with Crippen molar-refractivity contribution in [3.63, 3.8) is 0 Å². The molecule has 0 spiro atoms. The minimum absolute atomic E-state index is 0.120. The van der Waals surface area contributed by atoms with E-state index in [2.05, 4.69) is 9.98 Å². The van der Waals surface area contributed by atoms with Crippen molar-refractivity contribution in [1.82, 2.24) is 4.98 Å². The summed E-state index contributed by atoms with van der Waals surface area (Å²) in [6.45, 7) is 0. The monoisotopic (exact) mass is 366 g/mol. The lowest BCUT2D eigenvalue weighted by Gasteiger charge is -2.08. The average molecular weight is 366 g/mol. The van der Waals surface area contributed by atoms with Gasteiger partial charge in [-0.1, -0.05) is 35.6 Å². The molecule has 2 heterocycles. The second-order valence-electron chi connectivity index (χ2n) is 5.98. The molecular formula is C20H15FN2O2S. The number of halogens is 1. The number of aromatic amines is 1. The van der Waals surface area contributed by atoms with Crippen molar-refractivity contribution in [3.05, 3.63) is 78.8 Å². The van der Waals surface area contributed by atoms with E-state index in [1.165, 1.54) is 12.1 Å². The Morgan fingerprint density at radius 1 is 1.19 bits per heavy atom. The van der Waals surface area contributed by atoms with Crippen molar-refractivity contribution < 1.29 is 9.50 Å². The van der Waals surface area contributed by atoms with Gasteiger partial charge in [0.1, 0.15) is 5.82 Å². The number of hydrogen-bond donors (Lipinski definition) is 2. The van der Waals surface area contributed by atoms with E-state index in [-0.39, 0.29) is 16.6 Å². The number of benzene rings is 2. The van der Waals surface area contributed by atoms with Crippen LogP contribution in [0.15, 0.2) is 52.3 Å². The fourth-order valence-electron chi connectivity index (χ4n) is 3.11. The van der Waals surface area contributed by atoms with E-state index in [0.29, 0.717) is 17.7 Å². The van der Waals surface area contributed by atoms with Gasteiger partial charge in [-0.15, -0.1) is 0 Å². The molecule has 0 aliphatic carbocycles. The normalized spacial score (nSPS) is 13.4. The number of aryl methyl sites for hydroxylation is 1. The van der Waals surface area contributed by atoms with Gasteiger partial charge in [-0.05, 0) is 53.5 Å². The molecule has 2 aromatic carbocycles. The minimum Gasteiger partial charge on any atom is -0.493 e. The maximum atomic E-state index is 13.1. The van der Waals surface area contributed by atoms with Crippen LogP contribution in [0.25, 0.3) is 11.6 Å². The van der Waals surface area contributed by atoms with Gasteiger partial charge in [0.05, 0.1) is 10.6 Å². The lowest BCUT2D eigenvalue weighted by atomic mass is 10.00. The molecule has 1 aliphatic rings. The molecule has 1 aliphatic heterocycles. The van der Waals surface area contributed by atoms with Crippen LogP contribution in [0.2, 0.25) is 0 Å². The Kier molecular flexibility index (Phi) is 4.26. The first-order valence-electron chi connectivity index (χ1n) is 8.15. The maximum Gasteiger partial charge on any atom is 0.307 e. The Hall–Kier alpha value is -2.99. The van der Waals surface area contributed by atoms with E-state index in [1.807, 2.05) is 24.3 Å². The third-order valence-electron chi connectivity index (χ3n) is 4.34. The van der Waals surface area contributed by atoms with Crippen LogP contribution in [0, 0.1) is 5.82 Å². The van der Waals surface area contributed by atoms with Crippen LogP contribution < -0.4 is 15.3 Å². The third kappa shape index (κ3) is 3.11. The summed E-state index contributed by atoms with van der Waals surface area (Å²) in [5.74, 6) is -0.391. The molecule has 0 atom stereocenters. The molecule has 0 fully saturated rings. The van der Waals surface area contributed by atoms with Crippen LogP contribution >= 0.6 is 11.3 Å². The van der Waals surface area contributed by atoms with Crippen LogP contribution in [0.3, 0.4) is 0 Å². The van der Waals surface area contributed by atoms with Crippen molar-refractivity contribution in [3.8, 4) is 5.88 Å². The van der Waals surface area contributed by atoms with Gasteiger partial charge in [-0.2, -0.15) is 0 Å². The first-order valence-corrected chi connectivity index (χ1v) is 8.97. The first-order chi connectivity index (χ1) is 12.6. The van der Waals surface area contributed by atoms with Crippen LogP contribution in [0.1, 0.15) is 16.9 Å². The molecule has 0 saturated heterocycles. The number of aromatic nitrogens is 1. The van der Waals surface area contributed by atoms with Gasteiger partial charge in [0.25, 0.3) is 0 Å². The van der Waals surface area contributed by atoms with Crippen molar-refractivity contribution in [1.29, 1.82) is 0 Å². The molecule has 0 amide bonds. The number of nitrogens with zero attached hydrogens (tertiary/aromatic N) is 1. The Morgan fingerprint density at radius 2 is 2.00 bits per heavy atom. The second-order valence-corrected chi connectivity index (χ2v) is 6.96. The van der Waals surface area contributed by atoms with E-state index in [4.69, 9.17) is 0 Å². The quantitative estimate of drug-likeness (QED) is 0.745. The number of thiazole rings is 1. The zero-order valence-corrected chi connectivity index (χ0v) is 14.5. The average Bonchev–Trinajstić information content (AvgIpc) is 3.23. The molecule has 0 radical (unpaired) electrons. The van der Waals surface area contributed by atoms with E-state index in [0.717, 1.165) is 38.6 Å². The Bertz CT molecular complexity index is 1170. The topological polar surface area (TPSA) is 65.5 Å². The van der Waals surface area contributed by atoms with Crippen molar-refractivity contribution in [2.24, 2.45) is 4.99 Å². The van der Waals surface area contributed by atoms with Gasteiger partial charge in [0.2, 0.25) is 5.88 Å². The summed E-state index contributed by atoms with van der Waals surface area (Å²) < 4.78 is 13.1. The molecule has 130 valence electrons. The summed E-state index contributed by atoms with van der Waals surface area (Å²) in [4.78, 5) is 18.7. The van der Waals surface area contributed by atoms with Gasteiger partial charge < -0.3 is 5.11 Å². The smallest absolute Gasteiger partial charge is 0.307 e. The number of aliphatic imine (C=N–C) groups is 1. The molecule has 0 bridgehead atoms. The van der Waals surface area contributed by atoms with Crippen molar-refractivity contribution in [2.75, 3.05) is 0 Å². The van der Waals surface area contributed by atoms with E-state index in [1.54, 1.807) is 18.3 Å². The molecule has 3 aromatic rings. The lowest BCUT2D eigenvalue weighted by Crippen LogP contribution is -2.26. The number of H-pyrrole nitrogens is 1. The van der Waals surface area contributed by atoms with E-state index < -0.39 is 0 Å². The predicted octanol–water partition coefficient (Wildman–Crippen LogP) is 2.61. The fourth-order valence-corrected chi connectivity index (χ4v) is 3.93. The van der Waals surface area contributed by atoms with Gasteiger partial charge in [-0.25, -0.2) is 4.39 Å². The summed E-state index contributed by atoms with van der Waals surface area (Å²) in [6.07, 6.45) is 4.92. The highest BCUT2D eigenvalue weighted by Gasteiger charge is 2.15. The molecule has 0 unspecified atom stereocenters. The summed E-state index contributed by atoms with van der Waals surface area (Å²) >= 11 is 0.987. The standard InChI is InChI=1S/C20H15FN2O2S/c21-13-7-4-12(5-8-13)6-9-16(18-19(24)23-20(25)26-18)14-2-1-3-17-15(14)10-11-22-17/h1-5,7-8,10-11,24H,6,9H2,(H,23,25). The summed E-state index contributed by atoms with van der Waals surface area (Å²) in [7, 11) is 0. The number of hydrogen-bond acceptors (Lipinski definition) is 4. The Balaban J connectivity index is 1.85. The molecule has 4 nitrogen and oxygen atoms in total. The van der Waals surface area contributed by atoms with Gasteiger partial charge in [0.15, 0.2) is 0 Å². The van der Waals surface area contributed by atoms with Crippen LogP contribution in [0.4, 0.5) is 10.1 Å². The van der Waals surface area contributed by atoms with Gasteiger partial charge in [0, 0.05) is 11.4 Å². The number of aromatic hydroxyl groups is 1. The lowest BCUT2D eigenvalue weighted by molar-refractivity contribution is 0.454. The summed E-state index contributed by atoms with van der Waals surface area (Å²) in [5, 5.41) is 12.1. The highest BCUT2D eigenvalue weighted by atomic mass is 32.1. The molecular weight excluding hydrogens is 351 g/mol. The van der Waals surface area contributed by atoms with E-state index >= 15 is 0 Å². The van der Waals surface area contributed by atoms with Crippen LogP contribution in [-0.4, -0.2) is 16.3 Å².